The van der Waals surface area contributed by atoms with E-state index in [2.05, 4.69) is 4.98 Å². The van der Waals surface area contributed by atoms with Crippen LogP contribution < -0.4 is 0 Å². The van der Waals surface area contributed by atoms with Crippen molar-refractivity contribution in [3.63, 3.8) is 0 Å². The highest BCUT2D eigenvalue weighted by molar-refractivity contribution is 5.87. The number of carboxylic acids is 1. The van der Waals surface area contributed by atoms with Crippen LogP contribution in [0.3, 0.4) is 0 Å². The maximum Gasteiger partial charge on any atom is 0.410 e. The molecule has 0 unspecified atom stereocenters. The lowest BCUT2D eigenvalue weighted by Gasteiger charge is -2.25. The number of carboxylic acid groups (broad SMARTS) is 1. The lowest BCUT2D eigenvalue weighted by molar-refractivity contribution is 0.0682. The van der Waals surface area contributed by atoms with Crippen molar-refractivity contribution < 1.29 is 19.4 Å². The first kappa shape index (κ1) is 11.4. The number of aromatic nitrogens is 1. The predicted molar refractivity (Wildman–Crippen MR) is 57.6 cm³/mol. The summed E-state index contributed by atoms with van der Waals surface area (Å²) in [5.74, 6) is -1.01. The maximum atomic E-state index is 11.4. The summed E-state index contributed by atoms with van der Waals surface area (Å²) in [6.45, 7) is 1.45. The molecule has 0 atom stereocenters. The minimum absolute atomic E-state index is 0.134. The monoisotopic (exact) mass is 236 g/mol. The first-order chi connectivity index (χ1) is 8.16. The Labute approximate surface area is 97.8 Å². The van der Waals surface area contributed by atoms with Gasteiger partial charge in [0.15, 0.2) is 0 Å². The van der Waals surface area contributed by atoms with Crippen molar-refractivity contribution >= 4 is 12.1 Å². The Morgan fingerprint density at radius 3 is 2.94 bits per heavy atom. The molecule has 2 heterocycles. The fourth-order valence-electron chi connectivity index (χ4n) is 1.58. The van der Waals surface area contributed by atoms with Crippen LogP contribution in [0.2, 0.25) is 0 Å². The van der Waals surface area contributed by atoms with Gasteiger partial charge in [0, 0.05) is 12.7 Å². The van der Waals surface area contributed by atoms with E-state index in [0.717, 1.165) is 6.42 Å². The van der Waals surface area contributed by atoms with Crippen molar-refractivity contribution in [2.45, 2.75) is 13.0 Å². The Balaban J connectivity index is 2.03. The van der Waals surface area contributed by atoms with Crippen molar-refractivity contribution in [1.29, 1.82) is 0 Å². The molecule has 1 aromatic rings. The first-order valence-corrected chi connectivity index (χ1v) is 5.27. The number of ether oxygens (including phenoxy) is 1. The molecule has 1 aliphatic rings. The number of aromatic carboxylic acids is 1. The molecule has 1 fully saturated rings. The van der Waals surface area contributed by atoms with Gasteiger partial charge in [-0.3, -0.25) is 4.98 Å². The van der Waals surface area contributed by atoms with Crippen LogP contribution in [-0.2, 0) is 11.3 Å². The number of nitrogens with zero attached hydrogens (tertiary/aromatic N) is 2. The lowest BCUT2D eigenvalue weighted by atomic mass is 10.2. The molecule has 2 rings (SSSR count). The molecule has 1 amide bonds. The summed E-state index contributed by atoms with van der Waals surface area (Å²) in [7, 11) is 0. The van der Waals surface area contributed by atoms with Gasteiger partial charge in [-0.25, -0.2) is 9.59 Å². The zero-order chi connectivity index (χ0) is 12.3. The number of cyclic esters (lactones) is 1. The van der Waals surface area contributed by atoms with Gasteiger partial charge < -0.3 is 14.7 Å². The molecule has 0 bridgehead atoms. The minimum atomic E-state index is -1.01. The number of rotatable bonds is 3. The van der Waals surface area contributed by atoms with Crippen molar-refractivity contribution in [2.75, 3.05) is 13.2 Å². The standard InChI is InChI=1S/C11H12N2O4/c14-10(15)8-2-3-9(12-6-8)7-13-4-1-5-17-11(13)16/h2-3,6H,1,4-5,7H2,(H,14,15). The summed E-state index contributed by atoms with van der Waals surface area (Å²) in [5.41, 5.74) is 0.781. The van der Waals surface area contributed by atoms with Crippen LogP contribution in [0.25, 0.3) is 0 Å². The third-order valence-corrected chi connectivity index (χ3v) is 2.48. The molecule has 0 saturated carbocycles. The van der Waals surface area contributed by atoms with Gasteiger partial charge in [-0.05, 0) is 18.6 Å². The van der Waals surface area contributed by atoms with Crippen LogP contribution in [-0.4, -0.2) is 40.2 Å². The minimum Gasteiger partial charge on any atom is -0.478 e. The summed E-state index contributed by atoms with van der Waals surface area (Å²) < 4.78 is 4.89. The molecule has 1 N–H and O–H groups in total. The zero-order valence-electron chi connectivity index (χ0n) is 9.13. The summed E-state index contributed by atoms with van der Waals surface area (Å²) >= 11 is 0. The highest BCUT2D eigenvalue weighted by Gasteiger charge is 2.19. The number of hydrogen-bond acceptors (Lipinski definition) is 4. The fourth-order valence-corrected chi connectivity index (χ4v) is 1.58. The molecule has 6 nitrogen and oxygen atoms in total. The van der Waals surface area contributed by atoms with Crippen molar-refractivity contribution in [3.05, 3.63) is 29.6 Å². The normalized spacial score (nSPS) is 15.5. The summed E-state index contributed by atoms with van der Waals surface area (Å²) in [4.78, 5) is 27.5. The van der Waals surface area contributed by atoms with Gasteiger partial charge in [0.05, 0.1) is 24.4 Å². The molecular formula is C11H12N2O4. The van der Waals surface area contributed by atoms with Crippen molar-refractivity contribution in [1.82, 2.24) is 9.88 Å². The lowest BCUT2D eigenvalue weighted by Crippen LogP contribution is -2.37. The van der Waals surface area contributed by atoms with E-state index in [9.17, 15) is 9.59 Å². The summed E-state index contributed by atoms with van der Waals surface area (Å²) in [6, 6.07) is 3.07. The molecule has 1 saturated heterocycles. The van der Waals surface area contributed by atoms with Crippen LogP contribution in [0.4, 0.5) is 4.79 Å². The van der Waals surface area contributed by atoms with Gasteiger partial charge >= 0.3 is 12.1 Å². The predicted octanol–water partition coefficient (Wildman–Crippen LogP) is 1.12. The Bertz CT molecular complexity index is 430. The SMILES string of the molecule is O=C(O)c1ccc(CN2CCCOC2=O)nc1. The van der Waals surface area contributed by atoms with E-state index in [1.165, 1.54) is 12.3 Å². The number of carbonyl (C=O) groups excluding carboxylic acids is 1. The molecule has 1 aromatic heterocycles. The largest absolute Gasteiger partial charge is 0.478 e. The van der Waals surface area contributed by atoms with E-state index >= 15 is 0 Å². The van der Waals surface area contributed by atoms with E-state index in [-0.39, 0.29) is 11.7 Å². The topological polar surface area (TPSA) is 79.7 Å². The smallest absolute Gasteiger partial charge is 0.410 e. The van der Waals surface area contributed by atoms with Gasteiger partial charge in [0.1, 0.15) is 0 Å². The molecule has 0 aliphatic carbocycles. The average molecular weight is 236 g/mol. The number of hydrogen-bond donors (Lipinski definition) is 1. The highest BCUT2D eigenvalue weighted by Crippen LogP contribution is 2.09. The van der Waals surface area contributed by atoms with Crippen LogP contribution in [0.15, 0.2) is 18.3 Å². The molecule has 1 aliphatic heterocycles. The van der Waals surface area contributed by atoms with Gasteiger partial charge in [0.25, 0.3) is 0 Å². The van der Waals surface area contributed by atoms with E-state index in [1.54, 1.807) is 11.0 Å². The molecular weight excluding hydrogens is 224 g/mol. The third kappa shape index (κ3) is 2.72. The van der Waals surface area contributed by atoms with Gasteiger partial charge in [0.2, 0.25) is 0 Å². The Kier molecular flexibility index (Phi) is 3.22. The third-order valence-electron chi connectivity index (χ3n) is 2.48. The second kappa shape index (κ2) is 4.82. The molecule has 90 valence electrons. The van der Waals surface area contributed by atoms with Gasteiger partial charge in [-0.15, -0.1) is 0 Å². The molecule has 0 radical (unpaired) electrons. The Hall–Kier alpha value is -2.11. The molecule has 0 aromatic carbocycles. The Morgan fingerprint density at radius 1 is 1.53 bits per heavy atom. The average Bonchev–Trinajstić information content (AvgIpc) is 2.33. The van der Waals surface area contributed by atoms with Crippen LogP contribution in [0.1, 0.15) is 22.5 Å². The second-order valence-electron chi connectivity index (χ2n) is 3.73. The second-order valence-corrected chi connectivity index (χ2v) is 3.73. The maximum absolute atomic E-state index is 11.4. The van der Waals surface area contributed by atoms with E-state index in [0.29, 0.717) is 25.4 Å². The summed E-state index contributed by atoms with van der Waals surface area (Å²) in [5, 5.41) is 8.71. The molecule has 0 spiro atoms. The van der Waals surface area contributed by atoms with Crippen LogP contribution in [0.5, 0.6) is 0 Å². The Morgan fingerprint density at radius 2 is 2.35 bits per heavy atom. The van der Waals surface area contributed by atoms with Crippen LogP contribution in [0, 0.1) is 0 Å². The van der Waals surface area contributed by atoms with Crippen molar-refractivity contribution in [2.24, 2.45) is 0 Å². The zero-order valence-corrected chi connectivity index (χ0v) is 9.13. The first-order valence-electron chi connectivity index (χ1n) is 5.27. The van der Waals surface area contributed by atoms with Gasteiger partial charge in [-0.2, -0.15) is 0 Å². The molecule has 17 heavy (non-hydrogen) atoms. The summed E-state index contributed by atoms with van der Waals surface area (Å²) in [6.07, 6.45) is 1.74. The quantitative estimate of drug-likeness (QED) is 0.850. The van der Waals surface area contributed by atoms with E-state index in [4.69, 9.17) is 9.84 Å². The highest BCUT2D eigenvalue weighted by atomic mass is 16.6. The van der Waals surface area contributed by atoms with Gasteiger partial charge in [-0.1, -0.05) is 0 Å². The number of pyridine rings is 1. The van der Waals surface area contributed by atoms with E-state index < -0.39 is 5.97 Å². The number of amides is 1. The molecule has 6 heteroatoms. The number of carbonyl (C=O) groups is 2. The fraction of sp³-hybridized carbons (Fsp3) is 0.364. The van der Waals surface area contributed by atoms with Crippen molar-refractivity contribution in [3.8, 4) is 0 Å². The van der Waals surface area contributed by atoms with Crippen LogP contribution >= 0.6 is 0 Å². The van der Waals surface area contributed by atoms with E-state index in [1.807, 2.05) is 0 Å².